The van der Waals surface area contributed by atoms with Crippen LogP contribution in [0.1, 0.15) is 30.5 Å². The molecule has 0 atom stereocenters. The minimum Gasteiger partial charge on any atom is -0.497 e. The van der Waals surface area contributed by atoms with Gasteiger partial charge in [0.1, 0.15) is 18.1 Å². The Kier molecular flexibility index (Phi) is 7.78. The van der Waals surface area contributed by atoms with Gasteiger partial charge < -0.3 is 24.6 Å². The van der Waals surface area contributed by atoms with Gasteiger partial charge in [-0.25, -0.2) is 4.79 Å². The fourth-order valence-corrected chi connectivity index (χ4v) is 4.14. The average molecular weight is 488 g/mol. The van der Waals surface area contributed by atoms with Crippen LogP contribution in [0.4, 0.5) is 16.2 Å². The SMILES string of the molecule is COc1cccc(NC(=O)N2CCOc3ccc(CN(C(=O)C(C)C)c4ccc(C)cc4)cc3C2)c1. The van der Waals surface area contributed by atoms with Crippen molar-refractivity contribution in [3.63, 3.8) is 0 Å². The van der Waals surface area contributed by atoms with E-state index >= 15 is 0 Å². The van der Waals surface area contributed by atoms with Crippen molar-refractivity contribution in [2.45, 2.75) is 33.9 Å². The second-order valence-electron chi connectivity index (χ2n) is 9.29. The van der Waals surface area contributed by atoms with Gasteiger partial charge in [-0.2, -0.15) is 0 Å². The number of hydrogen-bond donors (Lipinski definition) is 1. The normalized spacial score (nSPS) is 12.9. The lowest BCUT2D eigenvalue weighted by molar-refractivity contribution is -0.121. The fraction of sp³-hybridized carbons (Fsp3) is 0.310. The predicted octanol–water partition coefficient (Wildman–Crippen LogP) is 5.62. The molecule has 0 fully saturated rings. The van der Waals surface area contributed by atoms with Crippen LogP contribution in [-0.4, -0.2) is 37.1 Å². The molecule has 0 bridgehead atoms. The van der Waals surface area contributed by atoms with Crippen LogP contribution in [0.3, 0.4) is 0 Å². The van der Waals surface area contributed by atoms with Crippen molar-refractivity contribution in [2.75, 3.05) is 30.5 Å². The number of aryl methyl sites for hydroxylation is 1. The summed E-state index contributed by atoms with van der Waals surface area (Å²) in [5.74, 6) is 1.36. The first kappa shape index (κ1) is 25.1. The second-order valence-corrected chi connectivity index (χ2v) is 9.29. The topological polar surface area (TPSA) is 71.1 Å². The summed E-state index contributed by atoms with van der Waals surface area (Å²) >= 11 is 0. The number of rotatable bonds is 6. The lowest BCUT2D eigenvalue weighted by atomic mass is 10.1. The molecule has 1 aliphatic rings. The lowest BCUT2D eigenvalue weighted by Crippen LogP contribution is -2.36. The number of hydrogen-bond acceptors (Lipinski definition) is 4. The van der Waals surface area contributed by atoms with Gasteiger partial charge in [0, 0.05) is 28.9 Å². The number of anilines is 2. The number of nitrogens with one attached hydrogen (secondary N) is 1. The molecule has 3 amide bonds. The number of amides is 3. The summed E-state index contributed by atoms with van der Waals surface area (Å²) in [5.41, 5.74) is 4.56. The molecule has 3 aromatic carbocycles. The first-order valence-corrected chi connectivity index (χ1v) is 12.2. The summed E-state index contributed by atoms with van der Waals surface area (Å²) in [7, 11) is 1.59. The van der Waals surface area contributed by atoms with Crippen molar-refractivity contribution in [3.8, 4) is 11.5 Å². The van der Waals surface area contributed by atoms with E-state index in [1.54, 1.807) is 18.1 Å². The van der Waals surface area contributed by atoms with Gasteiger partial charge in [-0.15, -0.1) is 0 Å². The van der Waals surface area contributed by atoms with Gasteiger partial charge in [-0.05, 0) is 48.9 Å². The molecule has 188 valence electrons. The summed E-state index contributed by atoms with van der Waals surface area (Å²) in [6.07, 6.45) is 0. The fourth-order valence-electron chi connectivity index (χ4n) is 4.14. The molecule has 0 aromatic heterocycles. The van der Waals surface area contributed by atoms with E-state index in [4.69, 9.17) is 9.47 Å². The third-order valence-corrected chi connectivity index (χ3v) is 6.16. The summed E-state index contributed by atoms with van der Waals surface area (Å²) in [6.45, 7) is 7.55. The van der Waals surface area contributed by atoms with Gasteiger partial charge in [0.05, 0.1) is 26.7 Å². The monoisotopic (exact) mass is 487 g/mol. The maximum atomic E-state index is 13.1. The molecule has 0 spiro atoms. The number of urea groups is 1. The van der Waals surface area contributed by atoms with E-state index in [0.717, 1.165) is 28.1 Å². The highest BCUT2D eigenvalue weighted by atomic mass is 16.5. The van der Waals surface area contributed by atoms with Crippen LogP contribution in [-0.2, 0) is 17.9 Å². The molecule has 0 aliphatic carbocycles. The van der Waals surface area contributed by atoms with Gasteiger partial charge in [0.25, 0.3) is 0 Å². The van der Waals surface area contributed by atoms with E-state index in [2.05, 4.69) is 5.32 Å². The van der Waals surface area contributed by atoms with Crippen LogP contribution in [0.5, 0.6) is 11.5 Å². The predicted molar refractivity (Wildman–Crippen MR) is 142 cm³/mol. The van der Waals surface area contributed by atoms with Gasteiger partial charge >= 0.3 is 6.03 Å². The minimum atomic E-state index is -0.207. The van der Waals surface area contributed by atoms with Crippen molar-refractivity contribution in [1.29, 1.82) is 0 Å². The standard InChI is InChI=1S/C29H33N3O4/c1-20(2)28(33)32(25-11-8-21(3)9-12-25)18-22-10-13-27-23(16-22)19-31(14-15-36-27)29(34)30-24-6-5-7-26(17-24)35-4/h5-13,16-17,20H,14-15,18-19H2,1-4H3,(H,30,34). The molecule has 3 aromatic rings. The maximum Gasteiger partial charge on any atom is 0.322 e. The summed E-state index contributed by atoms with van der Waals surface area (Å²) in [4.78, 5) is 29.6. The van der Waals surface area contributed by atoms with E-state index in [-0.39, 0.29) is 17.9 Å². The highest BCUT2D eigenvalue weighted by Crippen LogP contribution is 2.27. The van der Waals surface area contributed by atoms with E-state index in [0.29, 0.717) is 37.7 Å². The Labute approximate surface area is 212 Å². The van der Waals surface area contributed by atoms with Crippen LogP contribution >= 0.6 is 0 Å². The Morgan fingerprint density at radius 1 is 1.08 bits per heavy atom. The van der Waals surface area contributed by atoms with Crippen LogP contribution in [0.15, 0.2) is 66.7 Å². The molecule has 0 unspecified atom stereocenters. The third-order valence-electron chi connectivity index (χ3n) is 6.16. The Morgan fingerprint density at radius 2 is 1.86 bits per heavy atom. The average Bonchev–Trinajstić information content (AvgIpc) is 3.10. The first-order valence-electron chi connectivity index (χ1n) is 12.2. The van der Waals surface area contributed by atoms with Gasteiger partial charge in [-0.3, -0.25) is 4.79 Å². The van der Waals surface area contributed by atoms with E-state index < -0.39 is 0 Å². The number of methoxy groups -OCH3 is 1. The molecule has 36 heavy (non-hydrogen) atoms. The highest BCUT2D eigenvalue weighted by Gasteiger charge is 2.23. The van der Waals surface area contributed by atoms with E-state index in [9.17, 15) is 9.59 Å². The third kappa shape index (κ3) is 5.97. The zero-order chi connectivity index (χ0) is 25.7. The first-order chi connectivity index (χ1) is 17.3. The Bertz CT molecular complexity index is 1220. The molecule has 0 saturated heterocycles. The maximum absolute atomic E-state index is 13.1. The number of benzene rings is 3. The van der Waals surface area contributed by atoms with Crippen molar-refractivity contribution < 1.29 is 19.1 Å². The number of carbonyl (C=O) groups is 2. The van der Waals surface area contributed by atoms with E-state index in [1.807, 2.05) is 86.3 Å². The van der Waals surface area contributed by atoms with Gasteiger partial charge in [0.15, 0.2) is 0 Å². The molecular formula is C29H33N3O4. The number of nitrogens with zero attached hydrogens (tertiary/aromatic N) is 2. The Balaban J connectivity index is 1.54. The smallest absolute Gasteiger partial charge is 0.322 e. The van der Waals surface area contributed by atoms with Crippen molar-refractivity contribution in [2.24, 2.45) is 5.92 Å². The van der Waals surface area contributed by atoms with Crippen molar-refractivity contribution >= 4 is 23.3 Å². The number of ether oxygens (including phenoxy) is 2. The van der Waals surface area contributed by atoms with Crippen molar-refractivity contribution in [1.82, 2.24) is 4.90 Å². The second kappa shape index (κ2) is 11.2. The molecular weight excluding hydrogens is 454 g/mol. The quantitative estimate of drug-likeness (QED) is 0.490. The lowest BCUT2D eigenvalue weighted by Gasteiger charge is -2.26. The van der Waals surface area contributed by atoms with Crippen LogP contribution < -0.4 is 19.7 Å². The largest absolute Gasteiger partial charge is 0.497 e. The minimum absolute atomic E-state index is 0.0596. The highest BCUT2D eigenvalue weighted by molar-refractivity contribution is 5.94. The zero-order valence-electron chi connectivity index (χ0n) is 21.3. The zero-order valence-corrected chi connectivity index (χ0v) is 21.3. The summed E-state index contributed by atoms with van der Waals surface area (Å²) in [6, 6.07) is 21.0. The molecule has 1 aliphatic heterocycles. The molecule has 4 rings (SSSR count). The molecule has 1 N–H and O–H groups in total. The molecule has 1 heterocycles. The summed E-state index contributed by atoms with van der Waals surface area (Å²) in [5, 5.41) is 2.94. The van der Waals surface area contributed by atoms with Gasteiger partial charge in [0.2, 0.25) is 5.91 Å². The van der Waals surface area contributed by atoms with Crippen LogP contribution in [0.2, 0.25) is 0 Å². The van der Waals surface area contributed by atoms with Crippen LogP contribution in [0.25, 0.3) is 0 Å². The van der Waals surface area contributed by atoms with Gasteiger partial charge in [-0.1, -0.05) is 43.7 Å². The Hall–Kier alpha value is -4.00. The summed E-state index contributed by atoms with van der Waals surface area (Å²) < 4.78 is 11.2. The van der Waals surface area contributed by atoms with E-state index in [1.165, 1.54) is 0 Å². The molecule has 0 saturated carbocycles. The Morgan fingerprint density at radius 3 is 2.58 bits per heavy atom. The number of carbonyl (C=O) groups excluding carboxylic acids is 2. The molecule has 7 nitrogen and oxygen atoms in total. The number of fused-ring (bicyclic) bond motifs is 1. The van der Waals surface area contributed by atoms with Crippen molar-refractivity contribution in [3.05, 3.63) is 83.4 Å². The van der Waals surface area contributed by atoms with Crippen LogP contribution in [0, 0.1) is 12.8 Å². The molecule has 0 radical (unpaired) electrons. The molecule has 7 heteroatoms.